The molecule has 20 heavy (non-hydrogen) atoms. The Hall–Kier alpha value is -1.97. The van der Waals surface area contributed by atoms with Crippen molar-refractivity contribution in [1.82, 2.24) is 9.97 Å². The van der Waals surface area contributed by atoms with Crippen LogP contribution in [0.4, 0.5) is 10.2 Å². The van der Waals surface area contributed by atoms with Crippen molar-refractivity contribution in [2.75, 3.05) is 12.4 Å². The van der Waals surface area contributed by atoms with Gasteiger partial charge in [-0.1, -0.05) is 13.8 Å². The predicted octanol–water partition coefficient (Wildman–Crippen LogP) is 4.06. The molecule has 106 valence electrons. The first-order valence-corrected chi connectivity index (χ1v) is 6.76. The van der Waals surface area contributed by atoms with E-state index in [1.54, 1.807) is 6.07 Å². The molecule has 0 saturated heterocycles. The molecular formula is C16H20FN3. The molecule has 0 saturated carbocycles. The van der Waals surface area contributed by atoms with E-state index < -0.39 is 0 Å². The number of nitrogens with zero attached hydrogens (tertiary/aromatic N) is 2. The van der Waals surface area contributed by atoms with Crippen LogP contribution in [0.15, 0.2) is 18.2 Å². The maximum Gasteiger partial charge on any atom is 0.133 e. The van der Waals surface area contributed by atoms with Crippen molar-refractivity contribution in [3.8, 4) is 11.3 Å². The molecule has 1 N–H and O–H groups in total. The van der Waals surface area contributed by atoms with Crippen molar-refractivity contribution in [2.45, 2.75) is 33.6 Å². The van der Waals surface area contributed by atoms with Gasteiger partial charge in [0.15, 0.2) is 0 Å². The monoisotopic (exact) mass is 273 g/mol. The Kier molecular flexibility index (Phi) is 4.02. The van der Waals surface area contributed by atoms with Crippen molar-refractivity contribution in [3.05, 3.63) is 41.0 Å². The third-order valence-electron chi connectivity index (χ3n) is 3.36. The van der Waals surface area contributed by atoms with Crippen LogP contribution in [0.2, 0.25) is 0 Å². The van der Waals surface area contributed by atoms with Gasteiger partial charge in [0.05, 0.1) is 5.69 Å². The lowest BCUT2D eigenvalue weighted by Crippen LogP contribution is -2.07. The maximum absolute atomic E-state index is 13.3. The second kappa shape index (κ2) is 5.57. The normalized spacial score (nSPS) is 10.9. The van der Waals surface area contributed by atoms with Gasteiger partial charge < -0.3 is 5.32 Å². The molecule has 1 aromatic carbocycles. The molecule has 3 nitrogen and oxygen atoms in total. The lowest BCUT2D eigenvalue weighted by molar-refractivity contribution is 0.627. The van der Waals surface area contributed by atoms with Crippen LogP contribution in [0.3, 0.4) is 0 Å². The standard InChI is InChI=1S/C16H20FN3/c1-9(2)15-19-14(11(4)16(18-5)20-15)13-7-6-12(17)8-10(13)3/h6-9H,1-5H3,(H,18,19,20). The molecule has 1 aromatic heterocycles. The molecular weight excluding hydrogens is 253 g/mol. The van der Waals surface area contributed by atoms with Crippen LogP contribution in [0.25, 0.3) is 11.3 Å². The number of rotatable bonds is 3. The summed E-state index contributed by atoms with van der Waals surface area (Å²) in [7, 11) is 1.85. The fraction of sp³-hybridized carbons (Fsp3) is 0.375. The molecule has 2 rings (SSSR count). The van der Waals surface area contributed by atoms with Crippen LogP contribution in [0, 0.1) is 19.7 Å². The molecule has 0 spiro atoms. The molecule has 2 aromatic rings. The van der Waals surface area contributed by atoms with E-state index in [0.717, 1.165) is 34.0 Å². The SMILES string of the molecule is CNc1nc(C(C)C)nc(-c2ccc(F)cc2C)c1C. The first kappa shape index (κ1) is 14.4. The Morgan fingerprint density at radius 3 is 2.40 bits per heavy atom. The Morgan fingerprint density at radius 1 is 1.15 bits per heavy atom. The van der Waals surface area contributed by atoms with Gasteiger partial charge in [0.1, 0.15) is 17.5 Å². The molecule has 0 radical (unpaired) electrons. The second-order valence-corrected chi connectivity index (χ2v) is 5.27. The maximum atomic E-state index is 13.3. The summed E-state index contributed by atoms with van der Waals surface area (Å²) in [5, 5.41) is 3.11. The molecule has 0 aliphatic heterocycles. The minimum Gasteiger partial charge on any atom is -0.373 e. The van der Waals surface area contributed by atoms with Crippen LogP contribution in [-0.4, -0.2) is 17.0 Å². The van der Waals surface area contributed by atoms with E-state index in [2.05, 4.69) is 29.1 Å². The Labute approximate surface area is 119 Å². The minimum atomic E-state index is -0.226. The zero-order chi connectivity index (χ0) is 14.9. The highest BCUT2D eigenvalue weighted by atomic mass is 19.1. The first-order chi connectivity index (χ1) is 9.43. The molecule has 0 unspecified atom stereocenters. The van der Waals surface area contributed by atoms with Crippen molar-refractivity contribution in [2.24, 2.45) is 0 Å². The third-order valence-corrected chi connectivity index (χ3v) is 3.36. The lowest BCUT2D eigenvalue weighted by Gasteiger charge is -2.15. The van der Waals surface area contributed by atoms with E-state index in [-0.39, 0.29) is 11.7 Å². The number of aromatic nitrogens is 2. The number of hydrogen-bond acceptors (Lipinski definition) is 3. The van der Waals surface area contributed by atoms with Crippen LogP contribution >= 0.6 is 0 Å². The summed E-state index contributed by atoms with van der Waals surface area (Å²) >= 11 is 0. The van der Waals surface area contributed by atoms with Crippen molar-refractivity contribution in [1.29, 1.82) is 0 Å². The summed E-state index contributed by atoms with van der Waals surface area (Å²) in [6.45, 7) is 8.00. The molecule has 0 bridgehead atoms. The van der Waals surface area contributed by atoms with Gasteiger partial charge in [-0.3, -0.25) is 0 Å². The number of halogens is 1. The van der Waals surface area contributed by atoms with E-state index >= 15 is 0 Å². The number of hydrogen-bond donors (Lipinski definition) is 1. The largest absolute Gasteiger partial charge is 0.373 e. The molecule has 4 heteroatoms. The van der Waals surface area contributed by atoms with Gasteiger partial charge in [0.2, 0.25) is 0 Å². The Morgan fingerprint density at radius 2 is 1.85 bits per heavy atom. The lowest BCUT2D eigenvalue weighted by atomic mass is 10.0. The zero-order valence-corrected chi connectivity index (χ0v) is 12.6. The molecule has 0 aliphatic carbocycles. The van der Waals surface area contributed by atoms with Gasteiger partial charge in [0.25, 0.3) is 0 Å². The van der Waals surface area contributed by atoms with Gasteiger partial charge >= 0.3 is 0 Å². The Bertz CT molecular complexity index is 636. The summed E-state index contributed by atoms with van der Waals surface area (Å²) in [6.07, 6.45) is 0. The molecule has 0 fully saturated rings. The molecule has 0 aliphatic rings. The second-order valence-electron chi connectivity index (χ2n) is 5.27. The van der Waals surface area contributed by atoms with Crippen LogP contribution < -0.4 is 5.32 Å². The van der Waals surface area contributed by atoms with Crippen molar-refractivity contribution < 1.29 is 4.39 Å². The summed E-state index contributed by atoms with van der Waals surface area (Å²) in [5.41, 5.74) is 3.67. The van der Waals surface area contributed by atoms with Gasteiger partial charge in [-0.2, -0.15) is 0 Å². The smallest absolute Gasteiger partial charge is 0.133 e. The zero-order valence-electron chi connectivity index (χ0n) is 12.6. The average Bonchev–Trinajstić information content (AvgIpc) is 2.39. The summed E-state index contributed by atoms with van der Waals surface area (Å²) in [5.74, 6) is 1.62. The van der Waals surface area contributed by atoms with Gasteiger partial charge in [-0.15, -0.1) is 0 Å². The minimum absolute atomic E-state index is 0.226. The number of nitrogens with one attached hydrogen (secondary N) is 1. The molecule has 0 amide bonds. The summed E-state index contributed by atoms with van der Waals surface area (Å²) < 4.78 is 13.3. The summed E-state index contributed by atoms with van der Waals surface area (Å²) in [6, 6.07) is 4.78. The van der Waals surface area contributed by atoms with Crippen LogP contribution in [0.5, 0.6) is 0 Å². The van der Waals surface area contributed by atoms with Crippen LogP contribution in [-0.2, 0) is 0 Å². The van der Waals surface area contributed by atoms with Crippen LogP contribution in [0.1, 0.15) is 36.7 Å². The van der Waals surface area contributed by atoms with E-state index in [9.17, 15) is 4.39 Å². The number of aryl methyl sites for hydroxylation is 1. The van der Waals surface area contributed by atoms with Gasteiger partial charge in [-0.05, 0) is 37.6 Å². The average molecular weight is 273 g/mol. The van der Waals surface area contributed by atoms with Crippen molar-refractivity contribution >= 4 is 5.82 Å². The highest BCUT2D eigenvalue weighted by Crippen LogP contribution is 2.30. The topological polar surface area (TPSA) is 37.8 Å². The first-order valence-electron chi connectivity index (χ1n) is 6.76. The van der Waals surface area contributed by atoms with E-state index in [0.29, 0.717) is 0 Å². The van der Waals surface area contributed by atoms with Gasteiger partial charge in [0, 0.05) is 24.1 Å². The quantitative estimate of drug-likeness (QED) is 0.916. The van der Waals surface area contributed by atoms with Gasteiger partial charge in [-0.25, -0.2) is 14.4 Å². The van der Waals surface area contributed by atoms with Crippen molar-refractivity contribution in [3.63, 3.8) is 0 Å². The number of benzene rings is 1. The molecule has 0 atom stereocenters. The highest BCUT2D eigenvalue weighted by Gasteiger charge is 2.15. The molecule has 1 heterocycles. The highest BCUT2D eigenvalue weighted by molar-refractivity contribution is 5.70. The number of anilines is 1. The fourth-order valence-electron chi connectivity index (χ4n) is 2.19. The third kappa shape index (κ3) is 2.64. The fourth-order valence-corrected chi connectivity index (χ4v) is 2.19. The van der Waals surface area contributed by atoms with E-state index in [1.807, 2.05) is 20.9 Å². The van der Waals surface area contributed by atoms with E-state index in [4.69, 9.17) is 0 Å². The van der Waals surface area contributed by atoms with E-state index in [1.165, 1.54) is 12.1 Å². The summed E-state index contributed by atoms with van der Waals surface area (Å²) in [4.78, 5) is 9.19. The Balaban J connectivity index is 2.68. The predicted molar refractivity (Wildman–Crippen MR) is 80.5 cm³/mol.